The van der Waals surface area contributed by atoms with Crippen LogP contribution in [0.1, 0.15) is 24.1 Å². The first-order chi connectivity index (χ1) is 9.52. The number of hydrogen-bond acceptors (Lipinski definition) is 3. The van der Waals surface area contributed by atoms with Crippen LogP contribution in [0.4, 0.5) is 5.82 Å². The van der Waals surface area contributed by atoms with Gasteiger partial charge in [-0.15, -0.1) is 0 Å². The predicted octanol–water partition coefficient (Wildman–Crippen LogP) is 3.22. The Morgan fingerprint density at radius 1 is 1.30 bits per heavy atom. The van der Waals surface area contributed by atoms with Gasteiger partial charge in [0.2, 0.25) is 0 Å². The third-order valence-corrected chi connectivity index (χ3v) is 3.69. The molecule has 0 aliphatic heterocycles. The molecule has 0 amide bonds. The van der Waals surface area contributed by atoms with Gasteiger partial charge in [-0.3, -0.25) is 5.41 Å². The van der Waals surface area contributed by atoms with E-state index in [4.69, 9.17) is 22.7 Å². The highest BCUT2D eigenvalue weighted by Crippen LogP contribution is 2.30. The average Bonchev–Trinajstić information content (AvgIpc) is 2.46. The van der Waals surface area contributed by atoms with E-state index in [1.807, 2.05) is 43.1 Å². The van der Waals surface area contributed by atoms with Gasteiger partial charge in [-0.2, -0.15) is 0 Å². The predicted molar refractivity (Wildman–Crippen MR) is 83.5 cm³/mol. The first-order valence-electron chi connectivity index (χ1n) is 6.29. The summed E-state index contributed by atoms with van der Waals surface area (Å²) >= 11 is 6.24. The molecule has 0 saturated heterocycles. The van der Waals surface area contributed by atoms with Crippen molar-refractivity contribution < 1.29 is 0 Å². The number of nitrogens with zero attached hydrogens (tertiary/aromatic N) is 2. The highest BCUT2D eigenvalue weighted by molar-refractivity contribution is 6.31. The van der Waals surface area contributed by atoms with Gasteiger partial charge >= 0.3 is 0 Å². The molecule has 0 aliphatic rings. The number of nitrogen functional groups attached to an aromatic ring is 1. The zero-order chi connectivity index (χ0) is 14.7. The molecule has 0 fully saturated rings. The van der Waals surface area contributed by atoms with E-state index in [0.29, 0.717) is 16.4 Å². The highest BCUT2D eigenvalue weighted by Gasteiger charge is 2.19. The monoisotopic (exact) mass is 288 g/mol. The van der Waals surface area contributed by atoms with Gasteiger partial charge in [-0.05, 0) is 30.7 Å². The van der Waals surface area contributed by atoms with Gasteiger partial charge in [0, 0.05) is 18.3 Å². The molecule has 5 heteroatoms. The molecule has 0 spiro atoms. The van der Waals surface area contributed by atoms with Gasteiger partial charge in [-0.25, -0.2) is 4.98 Å². The fourth-order valence-corrected chi connectivity index (χ4v) is 2.39. The van der Waals surface area contributed by atoms with Gasteiger partial charge in [-0.1, -0.05) is 29.8 Å². The fraction of sp³-hybridized carbons (Fsp3) is 0.200. The van der Waals surface area contributed by atoms with Gasteiger partial charge in [0.05, 0.1) is 11.6 Å². The SMILES string of the molecule is CC(c1ccccc1Cl)N(C)c1ncccc1C(=N)N. The molecule has 2 aromatic rings. The summed E-state index contributed by atoms with van der Waals surface area (Å²) in [4.78, 5) is 6.31. The van der Waals surface area contributed by atoms with E-state index in [1.54, 1.807) is 18.3 Å². The maximum atomic E-state index is 7.64. The number of anilines is 1. The Morgan fingerprint density at radius 2 is 2.00 bits per heavy atom. The molecular formula is C15H17ClN4. The fourth-order valence-electron chi connectivity index (χ4n) is 2.09. The van der Waals surface area contributed by atoms with Crippen LogP contribution in [0.15, 0.2) is 42.6 Å². The van der Waals surface area contributed by atoms with Gasteiger partial charge in [0.1, 0.15) is 11.7 Å². The molecule has 104 valence electrons. The second-order valence-corrected chi connectivity index (χ2v) is 5.00. The third kappa shape index (κ3) is 2.75. The minimum atomic E-state index is 0.00584. The van der Waals surface area contributed by atoms with Crippen LogP contribution in [-0.2, 0) is 0 Å². The van der Waals surface area contributed by atoms with Crippen LogP contribution in [0.25, 0.3) is 0 Å². The molecule has 0 bridgehead atoms. The molecule has 2 rings (SSSR count). The van der Waals surface area contributed by atoms with E-state index < -0.39 is 0 Å². The lowest BCUT2D eigenvalue weighted by molar-refractivity contribution is 0.728. The largest absolute Gasteiger partial charge is 0.384 e. The average molecular weight is 289 g/mol. The van der Waals surface area contributed by atoms with Crippen LogP contribution < -0.4 is 10.6 Å². The number of amidine groups is 1. The summed E-state index contributed by atoms with van der Waals surface area (Å²) in [5.41, 5.74) is 7.24. The van der Waals surface area contributed by atoms with Crippen LogP contribution in [0.3, 0.4) is 0 Å². The second-order valence-electron chi connectivity index (χ2n) is 4.60. The van der Waals surface area contributed by atoms with E-state index in [-0.39, 0.29) is 11.9 Å². The quantitative estimate of drug-likeness (QED) is 0.670. The molecule has 1 aromatic heterocycles. The van der Waals surface area contributed by atoms with Gasteiger partial charge in [0.25, 0.3) is 0 Å². The Balaban J connectivity index is 2.39. The molecule has 1 aromatic carbocycles. The first-order valence-corrected chi connectivity index (χ1v) is 6.67. The van der Waals surface area contributed by atoms with E-state index >= 15 is 0 Å². The summed E-state index contributed by atoms with van der Waals surface area (Å²) in [7, 11) is 1.92. The Kier molecular flexibility index (Phi) is 4.25. The molecule has 3 N–H and O–H groups in total. The molecule has 0 aliphatic carbocycles. The van der Waals surface area contributed by atoms with Crippen molar-refractivity contribution in [2.75, 3.05) is 11.9 Å². The number of nitrogens with two attached hydrogens (primary N) is 1. The normalized spacial score (nSPS) is 11.9. The van der Waals surface area contributed by atoms with E-state index in [0.717, 1.165) is 5.56 Å². The molecule has 4 nitrogen and oxygen atoms in total. The third-order valence-electron chi connectivity index (χ3n) is 3.35. The van der Waals surface area contributed by atoms with E-state index in [2.05, 4.69) is 4.98 Å². The molecule has 1 unspecified atom stereocenters. The second kappa shape index (κ2) is 5.92. The van der Waals surface area contributed by atoms with Crippen molar-refractivity contribution in [1.82, 2.24) is 4.98 Å². The molecule has 20 heavy (non-hydrogen) atoms. The Hall–Kier alpha value is -2.07. The number of rotatable bonds is 4. The lowest BCUT2D eigenvalue weighted by Gasteiger charge is -2.28. The smallest absolute Gasteiger partial charge is 0.139 e. The van der Waals surface area contributed by atoms with Crippen molar-refractivity contribution in [2.45, 2.75) is 13.0 Å². The summed E-state index contributed by atoms with van der Waals surface area (Å²) in [6, 6.07) is 11.3. The maximum absolute atomic E-state index is 7.64. The summed E-state index contributed by atoms with van der Waals surface area (Å²) in [5.74, 6) is 0.679. The zero-order valence-electron chi connectivity index (χ0n) is 11.5. The van der Waals surface area contributed by atoms with Crippen molar-refractivity contribution in [2.24, 2.45) is 5.73 Å². The molecule has 0 radical (unpaired) electrons. The molecule has 1 atom stereocenters. The topological polar surface area (TPSA) is 66.0 Å². The summed E-state index contributed by atoms with van der Waals surface area (Å²) in [5, 5.41) is 8.36. The van der Waals surface area contributed by atoms with Crippen LogP contribution in [0, 0.1) is 5.41 Å². The van der Waals surface area contributed by atoms with Crippen molar-refractivity contribution in [3.63, 3.8) is 0 Å². The number of halogens is 1. The van der Waals surface area contributed by atoms with Gasteiger partial charge in [0.15, 0.2) is 0 Å². The lowest BCUT2D eigenvalue weighted by Crippen LogP contribution is -2.26. The van der Waals surface area contributed by atoms with Crippen molar-refractivity contribution in [3.8, 4) is 0 Å². The van der Waals surface area contributed by atoms with Crippen molar-refractivity contribution in [1.29, 1.82) is 5.41 Å². The van der Waals surface area contributed by atoms with Crippen LogP contribution in [0.5, 0.6) is 0 Å². The lowest BCUT2D eigenvalue weighted by atomic mass is 10.1. The number of benzene rings is 1. The molecular weight excluding hydrogens is 272 g/mol. The summed E-state index contributed by atoms with van der Waals surface area (Å²) in [6.07, 6.45) is 1.69. The Morgan fingerprint density at radius 3 is 2.65 bits per heavy atom. The van der Waals surface area contributed by atoms with Crippen LogP contribution in [0.2, 0.25) is 5.02 Å². The number of hydrogen-bond donors (Lipinski definition) is 2. The standard InChI is InChI=1S/C15H17ClN4/c1-10(11-6-3-4-8-13(11)16)20(2)15-12(14(17)18)7-5-9-19-15/h3-10H,1-2H3,(H3,17,18). The van der Waals surface area contributed by atoms with E-state index in [9.17, 15) is 0 Å². The molecule has 0 saturated carbocycles. The number of aromatic nitrogens is 1. The number of pyridine rings is 1. The zero-order valence-corrected chi connectivity index (χ0v) is 12.2. The maximum Gasteiger partial charge on any atom is 0.139 e. The molecule has 1 heterocycles. The highest BCUT2D eigenvalue weighted by atomic mass is 35.5. The van der Waals surface area contributed by atoms with Crippen LogP contribution >= 0.6 is 11.6 Å². The Bertz CT molecular complexity index is 627. The summed E-state index contributed by atoms with van der Waals surface area (Å²) in [6.45, 7) is 2.04. The van der Waals surface area contributed by atoms with Crippen LogP contribution in [-0.4, -0.2) is 17.9 Å². The Labute approximate surface area is 123 Å². The number of nitrogens with one attached hydrogen (secondary N) is 1. The minimum absolute atomic E-state index is 0.00584. The first kappa shape index (κ1) is 14.3. The van der Waals surface area contributed by atoms with Gasteiger partial charge < -0.3 is 10.6 Å². The van der Waals surface area contributed by atoms with Crippen molar-refractivity contribution >= 4 is 23.3 Å². The van der Waals surface area contributed by atoms with Crippen molar-refractivity contribution in [3.05, 3.63) is 58.7 Å². The van der Waals surface area contributed by atoms with E-state index in [1.165, 1.54) is 0 Å². The minimum Gasteiger partial charge on any atom is -0.384 e. The summed E-state index contributed by atoms with van der Waals surface area (Å²) < 4.78 is 0.